The Labute approximate surface area is 148 Å². The molecule has 132 valence electrons. The van der Waals surface area contributed by atoms with Crippen LogP contribution in [0.25, 0.3) is 0 Å². The fraction of sp³-hybridized carbons (Fsp3) is 0.350. The van der Waals surface area contributed by atoms with Crippen molar-refractivity contribution in [2.24, 2.45) is 0 Å². The number of ether oxygens (including phenoxy) is 2. The van der Waals surface area contributed by atoms with E-state index in [4.69, 9.17) is 9.47 Å². The van der Waals surface area contributed by atoms with Crippen molar-refractivity contribution < 1.29 is 14.3 Å². The SMILES string of the molecule is CN(C(=O)CNc1ccc(OCC2CCCO2)cc1)c1ccccc1. The van der Waals surface area contributed by atoms with Crippen LogP contribution in [0.15, 0.2) is 54.6 Å². The smallest absolute Gasteiger partial charge is 0.246 e. The van der Waals surface area contributed by atoms with Gasteiger partial charge in [-0.1, -0.05) is 18.2 Å². The van der Waals surface area contributed by atoms with Gasteiger partial charge in [0, 0.05) is 25.0 Å². The Kier molecular flexibility index (Phi) is 5.90. The summed E-state index contributed by atoms with van der Waals surface area (Å²) in [6.45, 7) is 1.66. The highest BCUT2D eigenvalue weighted by molar-refractivity contribution is 5.95. The molecule has 0 saturated carbocycles. The molecule has 0 aromatic heterocycles. The molecule has 0 bridgehead atoms. The molecule has 1 atom stereocenters. The summed E-state index contributed by atoms with van der Waals surface area (Å²) < 4.78 is 11.3. The number of carbonyl (C=O) groups is 1. The van der Waals surface area contributed by atoms with Crippen molar-refractivity contribution in [1.29, 1.82) is 0 Å². The number of benzene rings is 2. The lowest BCUT2D eigenvalue weighted by Gasteiger charge is -2.18. The summed E-state index contributed by atoms with van der Waals surface area (Å²) in [4.78, 5) is 13.9. The Morgan fingerprint density at radius 1 is 1.20 bits per heavy atom. The largest absolute Gasteiger partial charge is 0.491 e. The highest BCUT2D eigenvalue weighted by Crippen LogP contribution is 2.18. The first kappa shape index (κ1) is 17.3. The molecule has 1 aliphatic heterocycles. The third-order valence-electron chi connectivity index (χ3n) is 4.28. The minimum atomic E-state index is 0.00455. The number of nitrogens with one attached hydrogen (secondary N) is 1. The van der Waals surface area contributed by atoms with Crippen LogP contribution in [0, 0.1) is 0 Å². The fourth-order valence-corrected chi connectivity index (χ4v) is 2.73. The molecule has 0 spiro atoms. The molecule has 5 heteroatoms. The number of rotatable bonds is 7. The average Bonchev–Trinajstić information content (AvgIpc) is 3.19. The van der Waals surface area contributed by atoms with Gasteiger partial charge in [0.25, 0.3) is 0 Å². The number of hydrogen-bond donors (Lipinski definition) is 1. The number of hydrogen-bond acceptors (Lipinski definition) is 4. The summed E-state index contributed by atoms with van der Waals surface area (Å²) in [5.74, 6) is 0.818. The Balaban J connectivity index is 1.45. The van der Waals surface area contributed by atoms with E-state index in [1.807, 2.05) is 54.6 Å². The maximum absolute atomic E-state index is 12.3. The lowest BCUT2D eigenvalue weighted by molar-refractivity contribution is -0.116. The zero-order valence-electron chi connectivity index (χ0n) is 14.5. The topological polar surface area (TPSA) is 50.8 Å². The van der Waals surface area contributed by atoms with Crippen molar-refractivity contribution in [3.05, 3.63) is 54.6 Å². The number of para-hydroxylation sites is 1. The van der Waals surface area contributed by atoms with Crippen LogP contribution < -0.4 is 15.0 Å². The summed E-state index contributed by atoms with van der Waals surface area (Å²) >= 11 is 0. The first-order valence-corrected chi connectivity index (χ1v) is 8.62. The van der Waals surface area contributed by atoms with Gasteiger partial charge in [-0.25, -0.2) is 0 Å². The Morgan fingerprint density at radius 3 is 2.64 bits per heavy atom. The third kappa shape index (κ3) is 4.97. The molecule has 1 saturated heterocycles. The van der Waals surface area contributed by atoms with Crippen LogP contribution in [0.1, 0.15) is 12.8 Å². The van der Waals surface area contributed by atoms with Gasteiger partial charge in [0.05, 0.1) is 12.6 Å². The Bertz CT molecular complexity index is 667. The molecule has 5 nitrogen and oxygen atoms in total. The molecule has 3 rings (SSSR count). The van der Waals surface area contributed by atoms with E-state index in [0.717, 1.165) is 36.6 Å². The summed E-state index contributed by atoms with van der Waals surface area (Å²) in [5.41, 5.74) is 1.77. The van der Waals surface area contributed by atoms with Crippen LogP contribution in [0.2, 0.25) is 0 Å². The second-order valence-electron chi connectivity index (χ2n) is 6.11. The van der Waals surface area contributed by atoms with Crippen LogP contribution in [0.5, 0.6) is 5.75 Å². The highest BCUT2D eigenvalue weighted by atomic mass is 16.5. The standard InChI is InChI=1S/C20H24N2O3/c1-22(17-6-3-2-4-7-17)20(23)14-21-16-9-11-18(12-10-16)25-15-19-8-5-13-24-19/h2-4,6-7,9-12,19,21H,5,8,13-15H2,1H3. The van der Waals surface area contributed by atoms with Crippen molar-refractivity contribution in [3.8, 4) is 5.75 Å². The molecule has 25 heavy (non-hydrogen) atoms. The number of anilines is 2. The molecule has 0 aliphatic carbocycles. The van der Waals surface area contributed by atoms with E-state index in [1.54, 1.807) is 11.9 Å². The van der Waals surface area contributed by atoms with Gasteiger partial charge in [-0.05, 0) is 49.2 Å². The Morgan fingerprint density at radius 2 is 1.96 bits per heavy atom. The predicted octanol–water partition coefficient (Wildman–Crippen LogP) is 3.32. The second-order valence-corrected chi connectivity index (χ2v) is 6.11. The average molecular weight is 340 g/mol. The normalized spacial score (nSPS) is 16.4. The second kappa shape index (κ2) is 8.53. The van der Waals surface area contributed by atoms with Crippen LogP contribution in [-0.4, -0.2) is 38.8 Å². The van der Waals surface area contributed by atoms with Crippen LogP contribution in [0.4, 0.5) is 11.4 Å². The minimum Gasteiger partial charge on any atom is -0.491 e. The summed E-state index contributed by atoms with van der Waals surface area (Å²) in [6, 6.07) is 17.2. The number of amides is 1. The summed E-state index contributed by atoms with van der Waals surface area (Å²) in [6.07, 6.45) is 2.39. The fourth-order valence-electron chi connectivity index (χ4n) is 2.73. The molecular weight excluding hydrogens is 316 g/mol. The van der Waals surface area contributed by atoms with Crippen LogP contribution >= 0.6 is 0 Å². The molecule has 2 aromatic rings. The van der Waals surface area contributed by atoms with Gasteiger partial charge >= 0.3 is 0 Å². The first-order valence-electron chi connectivity index (χ1n) is 8.62. The van der Waals surface area contributed by atoms with E-state index in [9.17, 15) is 4.79 Å². The summed E-state index contributed by atoms with van der Waals surface area (Å²) in [5, 5.41) is 3.15. The monoisotopic (exact) mass is 340 g/mol. The van der Waals surface area contributed by atoms with Gasteiger partial charge in [0.1, 0.15) is 12.4 Å². The molecule has 1 unspecified atom stereocenters. The summed E-state index contributed by atoms with van der Waals surface area (Å²) in [7, 11) is 1.78. The zero-order chi connectivity index (χ0) is 17.5. The first-order chi connectivity index (χ1) is 12.2. The van der Waals surface area contributed by atoms with E-state index in [2.05, 4.69) is 5.32 Å². The van der Waals surface area contributed by atoms with E-state index in [0.29, 0.717) is 6.61 Å². The van der Waals surface area contributed by atoms with Crippen LogP contribution in [-0.2, 0) is 9.53 Å². The lowest BCUT2D eigenvalue weighted by Crippen LogP contribution is -2.32. The van der Waals surface area contributed by atoms with Gasteiger partial charge in [-0.2, -0.15) is 0 Å². The maximum Gasteiger partial charge on any atom is 0.246 e. The molecule has 1 fully saturated rings. The van der Waals surface area contributed by atoms with Gasteiger partial charge in [0.2, 0.25) is 5.91 Å². The van der Waals surface area contributed by atoms with Crippen molar-refractivity contribution in [2.75, 3.05) is 37.0 Å². The third-order valence-corrected chi connectivity index (χ3v) is 4.28. The predicted molar refractivity (Wildman–Crippen MR) is 99.3 cm³/mol. The number of likely N-dealkylation sites (N-methyl/N-ethyl adjacent to an activating group) is 1. The molecular formula is C20H24N2O3. The zero-order valence-corrected chi connectivity index (χ0v) is 14.5. The minimum absolute atomic E-state index is 0.00455. The molecule has 1 amide bonds. The molecule has 0 radical (unpaired) electrons. The van der Waals surface area contributed by atoms with Gasteiger partial charge in [0.15, 0.2) is 0 Å². The molecule has 1 N–H and O–H groups in total. The maximum atomic E-state index is 12.3. The van der Waals surface area contributed by atoms with Crippen LogP contribution in [0.3, 0.4) is 0 Å². The van der Waals surface area contributed by atoms with E-state index < -0.39 is 0 Å². The highest BCUT2D eigenvalue weighted by Gasteiger charge is 2.16. The van der Waals surface area contributed by atoms with E-state index in [1.165, 1.54) is 0 Å². The molecule has 2 aromatic carbocycles. The van der Waals surface area contributed by atoms with Crippen molar-refractivity contribution in [2.45, 2.75) is 18.9 Å². The van der Waals surface area contributed by atoms with Gasteiger partial charge in [-0.15, -0.1) is 0 Å². The lowest BCUT2D eigenvalue weighted by atomic mass is 10.2. The number of carbonyl (C=O) groups excluding carboxylic acids is 1. The van der Waals surface area contributed by atoms with E-state index in [-0.39, 0.29) is 18.6 Å². The molecule has 1 heterocycles. The van der Waals surface area contributed by atoms with E-state index >= 15 is 0 Å². The quantitative estimate of drug-likeness (QED) is 0.840. The van der Waals surface area contributed by atoms with Crippen molar-refractivity contribution in [1.82, 2.24) is 0 Å². The molecule has 1 aliphatic rings. The van der Waals surface area contributed by atoms with Crippen molar-refractivity contribution >= 4 is 17.3 Å². The van der Waals surface area contributed by atoms with Crippen molar-refractivity contribution in [3.63, 3.8) is 0 Å². The Hall–Kier alpha value is -2.53. The van der Waals surface area contributed by atoms with Gasteiger partial charge < -0.3 is 19.7 Å². The number of nitrogens with zero attached hydrogens (tertiary/aromatic N) is 1. The van der Waals surface area contributed by atoms with Gasteiger partial charge in [-0.3, -0.25) is 4.79 Å².